The van der Waals surface area contributed by atoms with Crippen LogP contribution in [0.5, 0.6) is 17.2 Å². The van der Waals surface area contributed by atoms with E-state index < -0.39 is 93.4 Å². The van der Waals surface area contributed by atoms with Gasteiger partial charge in [-0.15, -0.1) is 0 Å². The topological polar surface area (TPSA) is 275 Å². The first kappa shape index (κ1) is 61.5. The molecule has 418 valence electrons. The molecule has 0 radical (unpaired) electrons. The number of nitrogens with zero attached hydrogens (tertiary/aromatic N) is 1. The van der Waals surface area contributed by atoms with Gasteiger partial charge in [0.15, 0.2) is 38.1 Å². The lowest BCUT2D eigenvalue weighted by atomic mass is 9.97. The molecule has 2 aliphatic rings. The molecule has 2 aliphatic heterocycles. The van der Waals surface area contributed by atoms with E-state index in [1.165, 1.54) is 50.6 Å². The third kappa shape index (κ3) is 17.3. The largest absolute Gasteiger partial charge is 0.493 e. The minimum Gasteiger partial charge on any atom is -0.493 e. The Kier molecular flexibility index (Phi) is 22.8. The highest BCUT2D eigenvalue weighted by molar-refractivity contribution is 6.74. The van der Waals surface area contributed by atoms with Crippen LogP contribution in [-0.2, 0) is 72.9 Å². The first-order chi connectivity index (χ1) is 35.8. The molecule has 4 rings (SSSR count). The summed E-state index contributed by atoms with van der Waals surface area (Å²) in [4.78, 5) is 106. The van der Waals surface area contributed by atoms with Crippen LogP contribution >= 0.6 is 0 Å². The predicted octanol–water partition coefficient (Wildman–Crippen LogP) is 5.57. The van der Waals surface area contributed by atoms with Crippen LogP contribution in [-0.4, -0.2) is 159 Å². The molecule has 2 heterocycles. The summed E-state index contributed by atoms with van der Waals surface area (Å²) in [6.07, 6.45) is -7.44. The summed E-state index contributed by atoms with van der Waals surface area (Å²) in [5.74, 6) is -5.38. The minimum absolute atomic E-state index is 0.0113. The Morgan fingerprint density at radius 3 is 2.13 bits per heavy atom. The number of amides is 3. The maximum absolute atomic E-state index is 14.7. The summed E-state index contributed by atoms with van der Waals surface area (Å²) >= 11 is 0. The molecule has 0 saturated carbocycles. The van der Waals surface area contributed by atoms with Crippen LogP contribution < -0.4 is 24.8 Å². The van der Waals surface area contributed by atoms with Gasteiger partial charge in [0, 0.05) is 53.5 Å². The molecule has 2 saturated heterocycles. The normalized spacial score (nSPS) is 19.3. The number of ether oxygens (including phenoxy) is 11. The molecule has 0 aliphatic carbocycles. The molecule has 2 aromatic rings. The van der Waals surface area contributed by atoms with Gasteiger partial charge in [0.2, 0.25) is 12.4 Å². The lowest BCUT2D eigenvalue weighted by Crippen LogP contribution is -2.64. The van der Waals surface area contributed by atoms with Gasteiger partial charge in [-0.25, -0.2) is 9.59 Å². The van der Waals surface area contributed by atoms with Crippen molar-refractivity contribution >= 4 is 61.8 Å². The number of benzene rings is 2. The van der Waals surface area contributed by atoms with Crippen LogP contribution in [0.1, 0.15) is 87.1 Å². The second-order valence-corrected chi connectivity index (χ2v) is 24.0. The molecule has 24 heteroatoms. The summed E-state index contributed by atoms with van der Waals surface area (Å²) in [5.41, 5.74) is 0.888. The van der Waals surface area contributed by atoms with Crippen LogP contribution in [0, 0.1) is 0 Å². The van der Waals surface area contributed by atoms with E-state index in [-0.39, 0.29) is 103 Å². The first-order valence-electron chi connectivity index (χ1n) is 24.3. The predicted molar refractivity (Wildman–Crippen MR) is 273 cm³/mol. The van der Waals surface area contributed by atoms with Crippen LogP contribution in [0.15, 0.2) is 55.1 Å². The van der Waals surface area contributed by atoms with Crippen LogP contribution in [0.25, 0.3) is 0 Å². The molecular formula is C52H71N3O20Si. The number of nitrogens with one attached hydrogen (secondary N) is 2. The van der Waals surface area contributed by atoms with Crippen LogP contribution in [0.2, 0.25) is 18.1 Å². The number of carbonyl (C=O) groups is 8. The molecule has 2 fully saturated rings. The first-order valence-corrected chi connectivity index (χ1v) is 27.2. The van der Waals surface area contributed by atoms with E-state index in [1.807, 2.05) is 0 Å². The zero-order valence-corrected chi connectivity index (χ0v) is 46.0. The Morgan fingerprint density at radius 2 is 1.51 bits per heavy atom. The summed E-state index contributed by atoms with van der Waals surface area (Å²) in [5, 5.41) is 5.24. The summed E-state index contributed by atoms with van der Waals surface area (Å²) in [6, 6.07) is 6.53. The molecule has 23 nitrogen and oxygen atoms in total. The van der Waals surface area contributed by atoms with E-state index in [4.69, 9.17) is 56.5 Å². The molecular weight excluding hydrogens is 1010 g/mol. The number of esters is 5. The lowest BCUT2D eigenvalue weighted by molar-refractivity contribution is -0.282. The molecule has 76 heavy (non-hydrogen) atoms. The monoisotopic (exact) mass is 1090 g/mol. The number of carbonyl (C=O) groups excluding carboxylic acids is 8. The van der Waals surface area contributed by atoms with E-state index in [0.717, 1.165) is 33.5 Å². The average molecular weight is 1090 g/mol. The van der Waals surface area contributed by atoms with Crippen molar-refractivity contribution in [3.05, 3.63) is 71.8 Å². The van der Waals surface area contributed by atoms with Crippen molar-refractivity contribution in [3.63, 3.8) is 0 Å². The highest BCUT2D eigenvalue weighted by atomic mass is 28.4. The van der Waals surface area contributed by atoms with E-state index in [2.05, 4.69) is 57.7 Å². The van der Waals surface area contributed by atoms with Crippen molar-refractivity contribution in [1.82, 2.24) is 10.2 Å². The number of methoxy groups -OCH3 is 3. The van der Waals surface area contributed by atoms with Gasteiger partial charge in [0.05, 0.1) is 56.9 Å². The fourth-order valence-corrected chi connectivity index (χ4v) is 8.62. The van der Waals surface area contributed by atoms with Crippen molar-refractivity contribution in [2.75, 3.05) is 66.2 Å². The van der Waals surface area contributed by atoms with Crippen LogP contribution in [0.4, 0.5) is 10.5 Å². The Bertz CT molecular complexity index is 2460. The van der Waals surface area contributed by atoms with Gasteiger partial charge < -0.3 is 66.7 Å². The van der Waals surface area contributed by atoms with Crippen molar-refractivity contribution in [2.45, 2.75) is 122 Å². The molecule has 0 unspecified atom stereocenters. The smallest absolute Gasteiger partial charge is 0.411 e. The van der Waals surface area contributed by atoms with Gasteiger partial charge in [0.25, 0.3) is 11.8 Å². The lowest BCUT2D eigenvalue weighted by Gasteiger charge is -2.43. The molecule has 2 N–H and O–H groups in total. The highest BCUT2D eigenvalue weighted by Crippen LogP contribution is 2.39. The van der Waals surface area contributed by atoms with E-state index in [9.17, 15) is 38.4 Å². The van der Waals surface area contributed by atoms with Gasteiger partial charge in [-0.3, -0.25) is 34.1 Å². The molecule has 0 bridgehead atoms. The second-order valence-electron chi connectivity index (χ2n) is 19.2. The average Bonchev–Trinajstić information content (AvgIpc) is 3.74. The Labute approximate surface area is 443 Å². The van der Waals surface area contributed by atoms with Crippen molar-refractivity contribution in [1.29, 1.82) is 0 Å². The van der Waals surface area contributed by atoms with Crippen molar-refractivity contribution in [3.8, 4) is 17.2 Å². The van der Waals surface area contributed by atoms with Crippen molar-refractivity contribution < 1.29 is 94.9 Å². The van der Waals surface area contributed by atoms with E-state index >= 15 is 0 Å². The number of likely N-dealkylation sites (tertiary alicyclic amines) is 1. The standard InChI is InChI=1S/C52H71N3O20Si/c1-14-20-68-42(59)16-15-21-67-41-26-38(36(25-40(41)65-10)48(61)55-27-30(2)23-35(55)29-70-76(12,13)52(6,7)8)54-51(63)69-28-34-17-18-39(37(24-34)47(60)53-19-22-64-9)74-50-46(73-33(5)58)44(72-32(4)57)43(71-31(3)56)45(75-50)49(62)66-11/h14,17-18,24-26,35,43-46,50H,1-2,15-16,19-23,27-29H2,3-13H3,(H,53,60)(H,54,63)/t35-,43-,44-,45-,46+,50+/m0/s1. The Morgan fingerprint density at radius 1 is 0.842 bits per heavy atom. The molecule has 3 amide bonds. The van der Waals surface area contributed by atoms with Gasteiger partial charge in [-0.2, -0.15) is 0 Å². The molecule has 0 spiro atoms. The Hall–Kier alpha value is -7.02. The number of hydrogen-bond donors (Lipinski definition) is 2. The molecule has 2 aromatic carbocycles. The zero-order chi connectivity index (χ0) is 56.5. The summed E-state index contributed by atoms with van der Waals surface area (Å²) < 4.78 is 67.3. The van der Waals surface area contributed by atoms with Gasteiger partial charge in [0.1, 0.15) is 19.0 Å². The quantitative estimate of drug-likeness (QED) is 0.0404. The fraction of sp³-hybridized carbons (Fsp3) is 0.538. The van der Waals surface area contributed by atoms with Crippen LogP contribution in [0.3, 0.4) is 0 Å². The number of rotatable bonds is 25. The zero-order valence-electron chi connectivity index (χ0n) is 45.0. The third-order valence-electron chi connectivity index (χ3n) is 12.3. The number of anilines is 1. The maximum atomic E-state index is 14.7. The van der Waals surface area contributed by atoms with E-state index in [1.54, 1.807) is 4.90 Å². The van der Waals surface area contributed by atoms with Crippen molar-refractivity contribution in [2.24, 2.45) is 0 Å². The fourth-order valence-electron chi connectivity index (χ4n) is 7.58. The third-order valence-corrected chi connectivity index (χ3v) is 16.8. The minimum atomic E-state index is -2.23. The second kappa shape index (κ2) is 28.2. The van der Waals surface area contributed by atoms with Gasteiger partial charge in [-0.1, -0.05) is 51.6 Å². The van der Waals surface area contributed by atoms with Gasteiger partial charge >= 0.3 is 35.9 Å². The van der Waals surface area contributed by atoms with E-state index in [0.29, 0.717) is 6.42 Å². The van der Waals surface area contributed by atoms with Gasteiger partial charge in [-0.05, 0) is 54.7 Å². The summed E-state index contributed by atoms with van der Waals surface area (Å²) in [7, 11) is 1.61. The highest BCUT2D eigenvalue weighted by Gasteiger charge is 2.56. The Balaban J connectivity index is 1.70. The molecule has 6 atom stereocenters. The SMILES string of the molecule is C=CCOC(=O)CCCOc1cc(NC(=O)OCc2ccc(O[C@@H]3O[C@H](C(=O)OC)[C@@H](OC(C)=O)[C@H](OC(C)=O)[C@H]3OC(C)=O)c(C(=O)NCCOC)c2)c(C(=O)N2CC(=C)C[C@H]2CO[Si](C)(C)C(C)(C)C)cc1OC. The molecule has 0 aromatic heterocycles. The maximum Gasteiger partial charge on any atom is 0.411 e. The number of hydrogen-bond acceptors (Lipinski definition) is 20. The summed E-state index contributed by atoms with van der Waals surface area (Å²) in [6.45, 7) is 21.7.